The number of likely N-dealkylation sites (tertiary alicyclic amines) is 1. The number of ether oxygens (including phenoxy) is 2. The molecule has 7 heteroatoms. The predicted molar refractivity (Wildman–Crippen MR) is 71.2 cm³/mol. The molecule has 2 rings (SSSR count). The second-order valence-electron chi connectivity index (χ2n) is 4.72. The van der Waals surface area contributed by atoms with Crippen molar-refractivity contribution in [1.82, 2.24) is 4.90 Å². The third-order valence-corrected chi connectivity index (χ3v) is 3.32. The first-order valence-corrected chi connectivity index (χ1v) is 6.46. The van der Waals surface area contributed by atoms with Crippen LogP contribution in [0.3, 0.4) is 0 Å². The Morgan fingerprint density at radius 2 is 1.95 bits per heavy atom. The summed E-state index contributed by atoms with van der Waals surface area (Å²) in [6.07, 6.45) is -3.38. The third-order valence-electron chi connectivity index (χ3n) is 3.32. The van der Waals surface area contributed by atoms with Gasteiger partial charge in [-0.15, -0.1) is 0 Å². The molecule has 0 aliphatic carbocycles. The first-order valence-electron chi connectivity index (χ1n) is 6.46. The summed E-state index contributed by atoms with van der Waals surface area (Å²) < 4.78 is 9.63. The van der Waals surface area contributed by atoms with E-state index in [2.05, 4.69) is 4.74 Å². The maximum Gasteiger partial charge on any atom is 0.411 e. The van der Waals surface area contributed by atoms with E-state index in [9.17, 15) is 19.8 Å². The fourth-order valence-corrected chi connectivity index (χ4v) is 2.20. The average Bonchev–Trinajstić information content (AvgIpc) is 2.81. The Hall–Kier alpha value is -2.12. The van der Waals surface area contributed by atoms with Gasteiger partial charge in [0.05, 0.1) is 13.7 Å². The molecular formula is C14H17NO6. The van der Waals surface area contributed by atoms with Crippen LogP contribution in [0.2, 0.25) is 0 Å². The molecule has 1 aromatic carbocycles. The normalized spacial score (nSPS) is 24.7. The SMILES string of the molecule is COC(=O)[C@H]1[C@H](O)[C@H](O)CN1C(=O)OCc1ccccc1. The molecule has 21 heavy (non-hydrogen) atoms. The minimum Gasteiger partial charge on any atom is -0.467 e. The molecule has 3 atom stereocenters. The highest BCUT2D eigenvalue weighted by molar-refractivity contribution is 5.83. The Labute approximate surface area is 121 Å². The summed E-state index contributed by atoms with van der Waals surface area (Å²) in [5.41, 5.74) is 0.792. The summed E-state index contributed by atoms with van der Waals surface area (Å²) in [5, 5.41) is 19.4. The van der Waals surface area contributed by atoms with Gasteiger partial charge >= 0.3 is 12.1 Å². The molecule has 0 spiro atoms. The zero-order chi connectivity index (χ0) is 15.4. The van der Waals surface area contributed by atoms with E-state index in [4.69, 9.17) is 4.74 Å². The highest BCUT2D eigenvalue weighted by Gasteiger charge is 2.48. The van der Waals surface area contributed by atoms with E-state index >= 15 is 0 Å². The van der Waals surface area contributed by atoms with E-state index in [0.29, 0.717) is 0 Å². The van der Waals surface area contributed by atoms with Crippen LogP contribution >= 0.6 is 0 Å². The molecule has 1 aromatic rings. The monoisotopic (exact) mass is 295 g/mol. The zero-order valence-corrected chi connectivity index (χ0v) is 11.5. The predicted octanol–water partition coefficient (Wildman–Crippen LogP) is -0.0978. The second-order valence-corrected chi connectivity index (χ2v) is 4.72. The quantitative estimate of drug-likeness (QED) is 0.756. The molecule has 2 N–H and O–H groups in total. The van der Waals surface area contributed by atoms with Crippen LogP contribution in [0, 0.1) is 0 Å². The van der Waals surface area contributed by atoms with Gasteiger partial charge in [0.25, 0.3) is 0 Å². The van der Waals surface area contributed by atoms with Gasteiger partial charge in [-0.25, -0.2) is 9.59 Å². The van der Waals surface area contributed by atoms with Crippen LogP contribution in [-0.4, -0.2) is 59.1 Å². The fraction of sp³-hybridized carbons (Fsp3) is 0.429. The highest BCUT2D eigenvalue weighted by atomic mass is 16.6. The molecule has 0 radical (unpaired) electrons. The Morgan fingerprint density at radius 3 is 2.57 bits per heavy atom. The molecule has 1 saturated heterocycles. The van der Waals surface area contributed by atoms with E-state index in [0.717, 1.165) is 17.6 Å². The number of aliphatic hydroxyl groups excluding tert-OH is 2. The van der Waals surface area contributed by atoms with Crippen molar-refractivity contribution < 1.29 is 29.3 Å². The van der Waals surface area contributed by atoms with Crippen LogP contribution in [0.25, 0.3) is 0 Å². The number of hydrogen-bond acceptors (Lipinski definition) is 6. The summed E-state index contributed by atoms with van der Waals surface area (Å²) in [7, 11) is 1.15. The van der Waals surface area contributed by atoms with Gasteiger partial charge in [0.2, 0.25) is 0 Å². The largest absolute Gasteiger partial charge is 0.467 e. The van der Waals surface area contributed by atoms with Crippen LogP contribution in [0.15, 0.2) is 30.3 Å². The van der Waals surface area contributed by atoms with Crippen molar-refractivity contribution in [2.75, 3.05) is 13.7 Å². The van der Waals surface area contributed by atoms with Gasteiger partial charge in [-0.2, -0.15) is 0 Å². The zero-order valence-electron chi connectivity index (χ0n) is 11.5. The number of nitrogens with zero attached hydrogens (tertiary/aromatic N) is 1. The van der Waals surface area contributed by atoms with Gasteiger partial charge in [0.1, 0.15) is 18.8 Å². The number of methoxy groups -OCH3 is 1. The molecule has 7 nitrogen and oxygen atoms in total. The van der Waals surface area contributed by atoms with Gasteiger partial charge in [-0.1, -0.05) is 30.3 Å². The van der Waals surface area contributed by atoms with E-state index in [-0.39, 0.29) is 13.2 Å². The first kappa shape index (κ1) is 15.3. The number of amides is 1. The summed E-state index contributed by atoms with van der Waals surface area (Å²) in [6.45, 7) is -0.148. The molecule has 114 valence electrons. The van der Waals surface area contributed by atoms with Crippen molar-refractivity contribution in [2.24, 2.45) is 0 Å². The van der Waals surface area contributed by atoms with Crippen LogP contribution in [0.1, 0.15) is 5.56 Å². The van der Waals surface area contributed by atoms with Crippen molar-refractivity contribution in [3.05, 3.63) is 35.9 Å². The lowest BCUT2D eigenvalue weighted by Gasteiger charge is -2.22. The molecule has 1 heterocycles. The van der Waals surface area contributed by atoms with Gasteiger partial charge in [-0.05, 0) is 5.56 Å². The number of carbonyl (C=O) groups excluding carboxylic acids is 2. The summed E-state index contributed by atoms with van der Waals surface area (Å²) in [5.74, 6) is -0.796. The van der Waals surface area contributed by atoms with Crippen molar-refractivity contribution in [2.45, 2.75) is 24.9 Å². The number of benzene rings is 1. The molecular weight excluding hydrogens is 278 g/mol. The lowest BCUT2D eigenvalue weighted by atomic mass is 10.1. The number of esters is 1. The fourth-order valence-electron chi connectivity index (χ4n) is 2.20. The summed E-state index contributed by atoms with van der Waals surface area (Å²) >= 11 is 0. The third kappa shape index (κ3) is 3.32. The number of aliphatic hydroxyl groups is 2. The van der Waals surface area contributed by atoms with Crippen LogP contribution in [0.4, 0.5) is 4.79 Å². The first-order chi connectivity index (χ1) is 10.0. The lowest BCUT2D eigenvalue weighted by Crippen LogP contribution is -2.46. The van der Waals surface area contributed by atoms with Crippen LogP contribution < -0.4 is 0 Å². The van der Waals surface area contributed by atoms with E-state index in [1.165, 1.54) is 0 Å². The topological polar surface area (TPSA) is 96.3 Å². The molecule has 0 saturated carbocycles. The molecule has 1 amide bonds. The average molecular weight is 295 g/mol. The van der Waals surface area contributed by atoms with Gasteiger partial charge in [-0.3, -0.25) is 4.90 Å². The number of rotatable bonds is 3. The van der Waals surface area contributed by atoms with E-state index in [1.54, 1.807) is 12.1 Å². The summed E-state index contributed by atoms with van der Waals surface area (Å²) in [4.78, 5) is 24.6. The van der Waals surface area contributed by atoms with E-state index < -0.39 is 30.3 Å². The maximum absolute atomic E-state index is 12.0. The number of hydrogen-bond donors (Lipinski definition) is 2. The van der Waals surface area contributed by atoms with Gasteiger partial charge in [0, 0.05) is 0 Å². The number of β-amino-alcohol motifs (C(OH)–C–C–N with tert-alkyl or cyclic N) is 1. The standard InChI is InChI=1S/C14H17NO6/c1-20-13(18)11-12(17)10(16)7-15(11)14(19)21-8-9-5-3-2-4-6-9/h2-6,10-12,16-17H,7-8H2,1H3/t10-,11-,12-/m1/s1. The van der Waals surface area contributed by atoms with Crippen molar-refractivity contribution in [1.29, 1.82) is 0 Å². The maximum atomic E-state index is 12.0. The second kappa shape index (κ2) is 6.55. The lowest BCUT2D eigenvalue weighted by molar-refractivity contribution is -0.148. The minimum absolute atomic E-state index is 0.0380. The van der Waals surface area contributed by atoms with Crippen LogP contribution in [-0.2, 0) is 20.9 Å². The number of carbonyl (C=O) groups is 2. The Balaban J connectivity index is 2.01. The van der Waals surface area contributed by atoms with Crippen molar-refractivity contribution in [3.63, 3.8) is 0 Å². The Kier molecular flexibility index (Phi) is 4.77. The highest BCUT2D eigenvalue weighted by Crippen LogP contribution is 2.21. The van der Waals surface area contributed by atoms with Crippen molar-refractivity contribution >= 4 is 12.1 Å². The Bertz CT molecular complexity index is 505. The molecule has 0 unspecified atom stereocenters. The molecule has 0 aromatic heterocycles. The van der Waals surface area contributed by atoms with Crippen LogP contribution in [0.5, 0.6) is 0 Å². The van der Waals surface area contributed by atoms with Gasteiger partial charge in [0.15, 0.2) is 6.04 Å². The molecule has 1 aliphatic rings. The molecule has 0 bridgehead atoms. The smallest absolute Gasteiger partial charge is 0.411 e. The minimum atomic E-state index is -1.39. The molecule has 1 fully saturated rings. The Morgan fingerprint density at radius 1 is 1.29 bits per heavy atom. The van der Waals surface area contributed by atoms with Gasteiger partial charge < -0.3 is 19.7 Å². The molecule has 1 aliphatic heterocycles. The van der Waals surface area contributed by atoms with E-state index in [1.807, 2.05) is 18.2 Å². The van der Waals surface area contributed by atoms with Crippen molar-refractivity contribution in [3.8, 4) is 0 Å². The summed E-state index contributed by atoms with van der Waals surface area (Å²) in [6, 6.07) is 7.78.